The van der Waals surface area contributed by atoms with E-state index >= 15 is 0 Å². The van der Waals surface area contributed by atoms with Crippen molar-refractivity contribution in [1.82, 2.24) is 20.3 Å². The first-order chi connectivity index (χ1) is 15.6. The molecule has 2 aromatic heterocycles. The molecule has 1 aromatic carbocycles. The van der Waals surface area contributed by atoms with Crippen LogP contribution in [0.4, 0.5) is 20.4 Å². The third-order valence-corrected chi connectivity index (χ3v) is 5.85. The number of nitrogens with one attached hydrogen (secondary N) is 2. The molecule has 0 radical (unpaired) electrons. The predicted octanol–water partition coefficient (Wildman–Crippen LogP) is 4.33. The number of nitrogens with zero attached hydrogens (tertiary/aromatic N) is 4. The molecule has 7 nitrogen and oxygen atoms in total. The van der Waals surface area contributed by atoms with E-state index in [1.807, 2.05) is 19.1 Å². The van der Waals surface area contributed by atoms with Gasteiger partial charge in [-0.2, -0.15) is 0 Å². The highest BCUT2D eigenvalue weighted by Gasteiger charge is 2.26. The fraction of sp³-hybridized carbons (Fsp3) is 0.417. The van der Waals surface area contributed by atoms with Gasteiger partial charge in [0.15, 0.2) is 0 Å². The number of anilines is 2. The highest BCUT2D eigenvalue weighted by Crippen LogP contribution is 2.31. The lowest BCUT2D eigenvalue weighted by Crippen LogP contribution is -2.35. The van der Waals surface area contributed by atoms with E-state index in [2.05, 4.69) is 30.5 Å². The molecule has 3 heterocycles. The fourth-order valence-electron chi connectivity index (χ4n) is 4.16. The SMILES string of the molecule is CC(=O)N[C@@H]1CCN(c2cc3c(NC(C)c4cccc(C(C)(F)F)c4)nc(C)nc3cn2)C1. The largest absolute Gasteiger partial charge is 0.363 e. The first kappa shape index (κ1) is 22.8. The van der Waals surface area contributed by atoms with E-state index in [4.69, 9.17) is 0 Å². The van der Waals surface area contributed by atoms with Crippen molar-refractivity contribution >= 4 is 28.4 Å². The smallest absolute Gasteiger partial charge is 0.270 e. The number of rotatable bonds is 6. The summed E-state index contributed by atoms with van der Waals surface area (Å²) in [7, 11) is 0. The molecule has 0 saturated carbocycles. The first-order valence-electron chi connectivity index (χ1n) is 11.0. The Morgan fingerprint density at radius 1 is 1.27 bits per heavy atom. The maximum atomic E-state index is 13.8. The summed E-state index contributed by atoms with van der Waals surface area (Å²) in [5.41, 5.74) is 1.42. The van der Waals surface area contributed by atoms with Crippen molar-refractivity contribution in [3.8, 4) is 0 Å². The quantitative estimate of drug-likeness (QED) is 0.577. The van der Waals surface area contributed by atoms with Gasteiger partial charge in [0.05, 0.1) is 11.7 Å². The topological polar surface area (TPSA) is 83.0 Å². The molecule has 1 fully saturated rings. The number of alkyl halides is 2. The number of halogens is 2. The maximum Gasteiger partial charge on any atom is 0.270 e. The van der Waals surface area contributed by atoms with Gasteiger partial charge < -0.3 is 15.5 Å². The van der Waals surface area contributed by atoms with Gasteiger partial charge in [0.2, 0.25) is 5.91 Å². The van der Waals surface area contributed by atoms with Crippen LogP contribution in [0.5, 0.6) is 0 Å². The van der Waals surface area contributed by atoms with E-state index < -0.39 is 5.92 Å². The van der Waals surface area contributed by atoms with Crippen LogP contribution in [-0.2, 0) is 10.7 Å². The Balaban J connectivity index is 1.62. The molecule has 1 saturated heterocycles. The predicted molar refractivity (Wildman–Crippen MR) is 125 cm³/mol. The number of aromatic nitrogens is 3. The zero-order valence-corrected chi connectivity index (χ0v) is 19.2. The highest BCUT2D eigenvalue weighted by molar-refractivity contribution is 5.90. The van der Waals surface area contributed by atoms with E-state index in [0.717, 1.165) is 36.7 Å². The van der Waals surface area contributed by atoms with Gasteiger partial charge in [-0.05, 0) is 38.0 Å². The van der Waals surface area contributed by atoms with E-state index in [1.54, 1.807) is 19.2 Å². The summed E-state index contributed by atoms with van der Waals surface area (Å²) in [6.07, 6.45) is 2.57. The van der Waals surface area contributed by atoms with Crippen molar-refractivity contribution in [3.63, 3.8) is 0 Å². The van der Waals surface area contributed by atoms with Gasteiger partial charge in [-0.25, -0.2) is 23.7 Å². The first-order valence-corrected chi connectivity index (χ1v) is 11.0. The van der Waals surface area contributed by atoms with Crippen LogP contribution in [0.25, 0.3) is 10.9 Å². The number of pyridine rings is 1. The molecule has 1 aliphatic heterocycles. The molecular formula is C24H28F2N6O. The van der Waals surface area contributed by atoms with Gasteiger partial charge in [-0.1, -0.05) is 18.2 Å². The van der Waals surface area contributed by atoms with E-state index in [1.165, 1.54) is 19.1 Å². The molecule has 2 N–H and O–H groups in total. The average molecular weight is 455 g/mol. The minimum Gasteiger partial charge on any atom is -0.363 e. The molecule has 2 atom stereocenters. The molecule has 0 aliphatic carbocycles. The highest BCUT2D eigenvalue weighted by atomic mass is 19.3. The Kier molecular flexibility index (Phi) is 6.14. The fourth-order valence-corrected chi connectivity index (χ4v) is 4.16. The molecule has 9 heteroatoms. The second kappa shape index (κ2) is 8.88. The summed E-state index contributed by atoms with van der Waals surface area (Å²) in [6.45, 7) is 7.61. The second-order valence-corrected chi connectivity index (χ2v) is 8.69. The lowest BCUT2D eigenvalue weighted by Gasteiger charge is -2.21. The summed E-state index contributed by atoms with van der Waals surface area (Å²) >= 11 is 0. The molecule has 1 amide bonds. The van der Waals surface area contributed by atoms with Gasteiger partial charge in [0, 0.05) is 50.0 Å². The number of benzene rings is 1. The lowest BCUT2D eigenvalue weighted by molar-refractivity contribution is -0.119. The Labute approximate surface area is 191 Å². The Morgan fingerprint density at radius 2 is 2.06 bits per heavy atom. The number of carbonyl (C=O) groups excluding carboxylic acids is 1. The van der Waals surface area contributed by atoms with Crippen molar-refractivity contribution in [3.05, 3.63) is 53.5 Å². The Morgan fingerprint density at radius 3 is 2.79 bits per heavy atom. The van der Waals surface area contributed by atoms with E-state index in [9.17, 15) is 13.6 Å². The summed E-state index contributed by atoms with van der Waals surface area (Å²) in [5.74, 6) is -0.944. The standard InChI is InChI=1S/C24H28F2N6O/c1-14(17-6-5-7-18(10-17)24(4,25)26)28-23-20-11-22(27-12-21(20)29-15(2)30-23)32-9-8-19(13-32)31-16(3)33/h5-7,10-12,14,19H,8-9,13H2,1-4H3,(H,31,33)(H,28,29,30)/t14?,19-/m1/s1. The molecule has 174 valence electrons. The van der Waals surface area contributed by atoms with Crippen molar-refractivity contribution in [2.24, 2.45) is 0 Å². The molecule has 4 rings (SSSR count). The number of amides is 1. The average Bonchev–Trinajstić information content (AvgIpc) is 3.20. The number of carbonyl (C=O) groups is 1. The van der Waals surface area contributed by atoms with Gasteiger partial charge >= 0.3 is 0 Å². The van der Waals surface area contributed by atoms with Crippen LogP contribution in [0.3, 0.4) is 0 Å². The van der Waals surface area contributed by atoms with Crippen LogP contribution in [0, 0.1) is 6.92 Å². The van der Waals surface area contributed by atoms with E-state index in [0.29, 0.717) is 23.7 Å². The number of aryl methyl sites for hydroxylation is 1. The van der Waals surface area contributed by atoms with Gasteiger partial charge in [0.25, 0.3) is 5.92 Å². The summed E-state index contributed by atoms with van der Waals surface area (Å²) in [4.78, 5) is 27.2. The van der Waals surface area contributed by atoms with Gasteiger partial charge in [-0.3, -0.25) is 4.79 Å². The third-order valence-electron chi connectivity index (χ3n) is 5.85. The molecule has 0 spiro atoms. The summed E-state index contributed by atoms with van der Waals surface area (Å²) in [6, 6.07) is 8.20. The minimum atomic E-state index is -2.90. The van der Waals surface area contributed by atoms with Crippen LogP contribution in [0.15, 0.2) is 36.5 Å². The van der Waals surface area contributed by atoms with Crippen molar-refractivity contribution < 1.29 is 13.6 Å². The summed E-state index contributed by atoms with van der Waals surface area (Å²) < 4.78 is 27.6. The second-order valence-electron chi connectivity index (χ2n) is 8.69. The molecule has 1 aliphatic rings. The molecule has 0 bridgehead atoms. The van der Waals surface area contributed by atoms with Crippen LogP contribution in [0.2, 0.25) is 0 Å². The normalized spacial score (nSPS) is 17.3. The van der Waals surface area contributed by atoms with E-state index in [-0.39, 0.29) is 23.6 Å². The van der Waals surface area contributed by atoms with Crippen molar-refractivity contribution in [2.45, 2.75) is 52.1 Å². The Hall–Kier alpha value is -3.36. The van der Waals surface area contributed by atoms with Gasteiger partial charge in [0.1, 0.15) is 17.5 Å². The van der Waals surface area contributed by atoms with Crippen molar-refractivity contribution in [1.29, 1.82) is 0 Å². The molecule has 3 aromatic rings. The zero-order chi connectivity index (χ0) is 23.8. The number of hydrogen-bond donors (Lipinski definition) is 2. The maximum absolute atomic E-state index is 13.8. The molecular weight excluding hydrogens is 426 g/mol. The van der Waals surface area contributed by atoms with Crippen LogP contribution in [0.1, 0.15) is 50.2 Å². The monoisotopic (exact) mass is 454 g/mol. The summed E-state index contributed by atoms with van der Waals surface area (Å²) in [5, 5.41) is 7.14. The zero-order valence-electron chi connectivity index (χ0n) is 19.2. The van der Waals surface area contributed by atoms with Gasteiger partial charge in [-0.15, -0.1) is 0 Å². The third kappa shape index (κ3) is 5.18. The number of fused-ring (bicyclic) bond motifs is 1. The van der Waals surface area contributed by atoms with Crippen LogP contribution in [-0.4, -0.2) is 40.0 Å². The lowest BCUT2D eigenvalue weighted by atomic mass is 10.0. The minimum absolute atomic E-state index is 0.0216. The Bertz CT molecular complexity index is 1180. The van der Waals surface area contributed by atoms with Crippen LogP contribution < -0.4 is 15.5 Å². The number of hydrogen-bond acceptors (Lipinski definition) is 6. The van der Waals surface area contributed by atoms with Crippen molar-refractivity contribution in [2.75, 3.05) is 23.3 Å². The molecule has 1 unspecified atom stereocenters. The molecule has 33 heavy (non-hydrogen) atoms. The van der Waals surface area contributed by atoms with Crippen LogP contribution >= 0.6 is 0 Å².